The van der Waals surface area contributed by atoms with Crippen LogP contribution in [0.15, 0.2) is 18.2 Å². The fourth-order valence-electron chi connectivity index (χ4n) is 1.70. The number of benzene rings is 1. The Morgan fingerprint density at radius 1 is 1.29 bits per heavy atom. The molecule has 0 unspecified atom stereocenters. The van der Waals surface area contributed by atoms with Crippen LogP contribution < -0.4 is 10.2 Å². The van der Waals surface area contributed by atoms with Gasteiger partial charge in [-0.3, -0.25) is 10.2 Å². The molecule has 6 nitrogen and oxygen atoms in total. The van der Waals surface area contributed by atoms with E-state index in [4.69, 9.17) is 27.9 Å². The number of nitrogens with one attached hydrogen (secondary N) is 1. The van der Waals surface area contributed by atoms with Crippen molar-refractivity contribution in [3.63, 3.8) is 0 Å². The van der Waals surface area contributed by atoms with Crippen LogP contribution in [-0.4, -0.2) is 42.2 Å². The van der Waals surface area contributed by atoms with Gasteiger partial charge in [0.2, 0.25) is 0 Å². The highest BCUT2D eigenvalue weighted by Gasteiger charge is 2.15. The molecule has 0 aliphatic carbocycles. The molecule has 0 bridgehead atoms. The number of nitrogens with zero attached hydrogens (tertiary/aromatic N) is 1. The summed E-state index contributed by atoms with van der Waals surface area (Å²) in [4.78, 5) is 23.8. The van der Waals surface area contributed by atoms with Gasteiger partial charge in [0.25, 0.3) is 0 Å². The Balaban J connectivity index is 2.93. The highest BCUT2D eigenvalue weighted by molar-refractivity contribution is 6.18. The predicted molar refractivity (Wildman–Crippen MR) is 83.0 cm³/mol. The van der Waals surface area contributed by atoms with Crippen LogP contribution in [0.5, 0.6) is 0 Å². The lowest BCUT2D eigenvalue weighted by Gasteiger charge is -2.19. The van der Waals surface area contributed by atoms with Gasteiger partial charge in [-0.2, -0.15) is 0 Å². The maximum atomic E-state index is 11.5. The second-order valence-electron chi connectivity index (χ2n) is 4.13. The van der Waals surface area contributed by atoms with Gasteiger partial charge < -0.3 is 9.84 Å². The van der Waals surface area contributed by atoms with E-state index in [1.165, 1.54) is 6.07 Å². The number of ether oxygens (including phenoxy) is 1. The molecule has 0 aliphatic heterocycles. The molecule has 0 aliphatic rings. The summed E-state index contributed by atoms with van der Waals surface area (Å²) in [5.74, 6) is 0.371. The average molecular weight is 335 g/mol. The number of hydrogen-bond acceptors (Lipinski definition) is 3. The Morgan fingerprint density at radius 2 is 2.00 bits per heavy atom. The molecular formula is C13H16Cl2N2O4. The monoisotopic (exact) mass is 334 g/mol. The first-order valence-electron chi connectivity index (χ1n) is 6.15. The quantitative estimate of drug-likeness (QED) is 0.780. The van der Waals surface area contributed by atoms with E-state index in [1.54, 1.807) is 19.1 Å². The largest absolute Gasteiger partial charge is 0.465 e. The number of rotatable bonds is 6. The topological polar surface area (TPSA) is 78.9 Å². The van der Waals surface area contributed by atoms with Crippen LogP contribution in [0, 0.1) is 6.92 Å². The second kappa shape index (κ2) is 8.59. The molecule has 0 saturated heterocycles. The number of halogens is 2. The number of carboxylic acid groups (broad SMARTS) is 1. The van der Waals surface area contributed by atoms with Gasteiger partial charge in [-0.05, 0) is 30.7 Å². The Labute approximate surface area is 132 Å². The van der Waals surface area contributed by atoms with Crippen molar-refractivity contribution in [1.29, 1.82) is 0 Å². The average Bonchev–Trinajstić information content (AvgIpc) is 2.41. The normalized spacial score (nSPS) is 10.0. The van der Waals surface area contributed by atoms with Gasteiger partial charge in [-0.1, -0.05) is 0 Å². The van der Waals surface area contributed by atoms with Gasteiger partial charge in [0.05, 0.1) is 5.88 Å². The lowest BCUT2D eigenvalue weighted by atomic mass is 10.2. The van der Waals surface area contributed by atoms with Gasteiger partial charge >= 0.3 is 12.2 Å². The van der Waals surface area contributed by atoms with Gasteiger partial charge in [0.1, 0.15) is 6.61 Å². The summed E-state index contributed by atoms with van der Waals surface area (Å²) in [6.07, 6.45) is -1.76. The summed E-state index contributed by atoms with van der Waals surface area (Å²) in [6.45, 7) is 2.04. The molecule has 2 N–H and O–H groups in total. The summed E-state index contributed by atoms with van der Waals surface area (Å²) < 4.78 is 4.80. The minimum absolute atomic E-state index is 0.0968. The van der Waals surface area contributed by atoms with Gasteiger partial charge in [0, 0.05) is 23.8 Å². The van der Waals surface area contributed by atoms with Crippen molar-refractivity contribution in [2.45, 2.75) is 6.92 Å². The molecule has 1 aromatic rings. The Morgan fingerprint density at radius 3 is 2.57 bits per heavy atom. The fraction of sp³-hybridized carbons (Fsp3) is 0.385. The number of aryl methyl sites for hydroxylation is 1. The van der Waals surface area contributed by atoms with E-state index >= 15 is 0 Å². The summed E-state index contributed by atoms with van der Waals surface area (Å²) in [5.41, 5.74) is 1.65. The first-order valence-corrected chi connectivity index (χ1v) is 7.22. The van der Waals surface area contributed by atoms with Crippen LogP contribution >= 0.6 is 23.2 Å². The Bertz CT molecular complexity index is 511. The van der Waals surface area contributed by atoms with Crippen LogP contribution in [-0.2, 0) is 4.74 Å². The van der Waals surface area contributed by atoms with Crippen molar-refractivity contribution in [2.24, 2.45) is 0 Å². The van der Waals surface area contributed by atoms with E-state index in [9.17, 15) is 14.7 Å². The summed E-state index contributed by atoms with van der Waals surface area (Å²) in [5, 5.41) is 11.7. The van der Waals surface area contributed by atoms with E-state index in [0.29, 0.717) is 11.4 Å². The zero-order valence-corrected chi connectivity index (χ0v) is 12.9. The minimum Gasteiger partial charge on any atom is -0.465 e. The molecule has 21 heavy (non-hydrogen) atoms. The zero-order valence-electron chi connectivity index (χ0n) is 11.4. The summed E-state index contributed by atoms with van der Waals surface area (Å²) in [7, 11) is 0. The number of amides is 2. The molecule has 0 radical (unpaired) electrons. The fourth-order valence-corrected chi connectivity index (χ4v) is 1.94. The number of alkyl halides is 2. The van der Waals surface area contributed by atoms with Gasteiger partial charge in [-0.25, -0.2) is 9.59 Å². The lowest BCUT2D eigenvalue weighted by molar-refractivity contribution is 0.168. The van der Waals surface area contributed by atoms with Crippen molar-refractivity contribution in [2.75, 3.05) is 35.1 Å². The summed E-state index contributed by atoms with van der Waals surface area (Å²) in [6, 6.07) is 4.93. The van der Waals surface area contributed by atoms with Crippen molar-refractivity contribution < 1.29 is 19.4 Å². The minimum atomic E-state index is -1.11. The Kier molecular flexibility index (Phi) is 7.11. The molecule has 0 spiro atoms. The summed E-state index contributed by atoms with van der Waals surface area (Å²) >= 11 is 11.0. The molecule has 1 aromatic carbocycles. The molecule has 116 valence electrons. The van der Waals surface area contributed by atoms with Crippen molar-refractivity contribution in [1.82, 2.24) is 0 Å². The lowest BCUT2D eigenvalue weighted by Crippen LogP contribution is -2.31. The maximum Gasteiger partial charge on any atom is 0.411 e. The third-order valence-electron chi connectivity index (χ3n) is 2.47. The molecular weight excluding hydrogens is 319 g/mol. The second-order valence-corrected chi connectivity index (χ2v) is 4.89. The Hall–Kier alpha value is -1.66. The number of carbonyl (C=O) groups excluding carboxylic acids is 1. The molecule has 2 amide bonds. The molecule has 0 heterocycles. The predicted octanol–water partition coefficient (Wildman–Crippen LogP) is 3.51. The van der Waals surface area contributed by atoms with E-state index in [0.717, 1.165) is 10.5 Å². The van der Waals surface area contributed by atoms with Crippen molar-refractivity contribution >= 4 is 46.8 Å². The molecule has 0 atom stereocenters. The van der Waals surface area contributed by atoms with Gasteiger partial charge in [-0.15, -0.1) is 23.2 Å². The smallest absolute Gasteiger partial charge is 0.411 e. The van der Waals surface area contributed by atoms with Crippen LogP contribution in [0.25, 0.3) is 0 Å². The van der Waals surface area contributed by atoms with Crippen LogP contribution in [0.2, 0.25) is 0 Å². The van der Waals surface area contributed by atoms with E-state index in [2.05, 4.69) is 5.32 Å². The zero-order chi connectivity index (χ0) is 15.8. The maximum absolute atomic E-state index is 11.5. The van der Waals surface area contributed by atoms with Crippen molar-refractivity contribution in [3.05, 3.63) is 23.8 Å². The van der Waals surface area contributed by atoms with Gasteiger partial charge in [0.15, 0.2) is 0 Å². The first kappa shape index (κ1) is 17.4. The highest BCUT2D eigenvalue weighted by Crippen LogP contribution is 2.23. The third-order valence-corrected chi connectivity index (χ3v) is 2.79. The number of anilines is 2. The molecule has 0 saturated carbocycles. The molecule has 8 heteroatoms. The van der Waals surface area contributed by atoms with E-state index in [-0.39, 0.29) is 24.9 Å². The number of carbonyl (C=O) groups is 2. The highest BCUT2D eigenvalue weighted by atomic mass is 35.5. The van der Waals surface area contributed by atoms with Crippen LogP contribution in [0.3, 0.4) is 0 Å². The standard InChI is InChI=1S/C13H16Cl2N2O4/c1-9-6-10(16-12(18)21-5-3-15)8-11(7-9)17(4-2-14)13(19)20/h6-8H,2-5H2,1H3,(H,16,18)(H,19,20). The van der Waals surface area contributed by atoms with E-state index < -0.39 is 12.2 Å². The molecule has 0 fully saturated rings. The first-order chi connectivity index (χ1) is 9.97. The third kappa shape index (κ3) is 5.69. The van der Waals surface area contributed by atoms with E-state index in [1.807, 2.05) is 0 Å². The SMILES string of the molecule is Cc1cc(NC(=O)OCCCl)cc(N(CCCl)C(=O)O)c1. The van der Waals surface area contributed by atoms with Crippen LogP contribution in [0.4, 0.5) is 21.0 Å². The molecule has 1 rings (SSSR count). The number of hydrogen-bond donors (Lipinski definition) is 2. The van der Waals surface area contributed by atoms with Crippen LogP contribution in [0.1, 0.15) is 5.56 Å². The molecule has 0 aromatic heterocycles. The van der Waals surface area contributed by atoms with Crippen molar-refractivity contribution in [3.8, 4) is 0 Å².